The minimum atomic E-state index is -0.463. The van der Waals surface area contributed by atoms with Crippen molar-refractivity contribution in [3.05, 3.63) is 17.5 Å². The van der Waals surface area contributed by atoms with Crippen LogP contribution in [0.4, 0.5) is 0 Å². The van der Waals surface area contributed by atoms with Gasteiger partial charge in [-0.15, -0.1) is 0 Å². The first kappa shape index (κ1) is 10.4. The second-order valence-corrected chi connectivity index (χ2v) is 2.82. The van der Waals surface area contributed by atoms with Gasteiger partial charge in [-0.25, -0.2) is 4.79 Å². The second kappa shape index (κ2) is 4.04. The maximum atomic E-state index is 11.3. The Bertz CT molecular complexity index is 368. The van der Waals surface area contributed by atoms with Crippen LogP contribution >= 0.6 is 0 Å². The van der Waals surface area contributed by atoms with E-state index in [1.54, 1.807) is 14.0 Å². The smallest absolute Gasteiger partial charge is 0.356 e. The van der Waals surface area contributed by atoms with Crippen LogP contribution in [-0.4, -0.2) is 28.1 Å². The standard InChI is InChI=1S/C9H12N2O3/c1-4-14-9(13)8-5-7(6(2)12)10-11(8)3/h5H,4H2,1-3H3. The molecule has 14 heavy (non-hydrogen) atoms. The molecule has 0 unspecified atom stereocenters. The Morgan fingerprint density at radius 1 is 1.57 bits per heavy atom. The zero-order valence-corrected chi connectivity index (χ0v) is 8.40. The summed E-state index contributed by atoms with van der Waals surface area (Å²) >= 11 is 0. The summed E-state index contributed by atoms with van der Waals surface area (Å²) in [7, 11) is 1.60. The van der Waals surface area contributed by atoms with E-state index in [-0.39, 0.29) is 17.2 Å². The van der Waals surface area contributed by atoms with E-state index in [9.17, 15) is 9.59 Å². The average Bonchev–Trinajstić information content (AvgIpc) is 2.48. The van der Waals surface area contributed by atoms with Crippen molar-refractivity contribution in [1.29, 1.82) is 0 Å². The molecule has 0 spiro atoms. The molecule has 0 aliphatic heterocycles. The largest absolute Gasteiger partial charge is 0.461 e. The lowest BCUT2D eigenvalue weighted by Crippen LogP contribution is -2.10. The van der Waals surface area contributed by atoms with Crippen molar-refractivity contribution in [2.45, 2.75) is 13.8 Å². The maximum absolute atomic E-state index is 11.3. The van der Waals surface area contributed by atoms with Gasteiger partial charge in [-0.3, -0.25) is 9.48 Å². The van der Waals surface area contributed by atoms with Crippen LogP contribution < -0.4 is 0 Å². The van der Waals surface area contributed by atoms with Gasteiger partial charge in [-0.05, 0) is 6.92 Å². The molecular formula is C9H12N2O3. The number of nitrogens with zero attached hydrogens (tertiary/aromatic N) is 2. The Hall–Kier alpha value is -1.65. The molecule has 0 fully saturated rings. The molecule has 0 saturated heterocycles. The quantitative estimate of drug-likeness (QED) is 0.530. The molecule has 0 amide bonds. The van der Waals surface area contributed by atoms with Crippen molar-refractivity contribution >= 4 is 11.8 Å². The summed E-state index contributed by atoms with van der Waals surface area (Å²) in [5.41, 5.74) is 0.563. The Morgan fingerprint density at radius 3 is 2.64 bits per heavy atom. The molecule has 5 nitrogen and oxygen atoms in total. The highest BCUT2D eigenvalue weighted by Gasteiger charge is 2.15. The zero-order chi connectivity index (χ0) is 10.7. The fourth-order valence-electron chi connectivity index (χ4n) is 1.04. The topological polar surface area (TPSA) is 61.2 Å². The third-order valence-corrected chi connectivity index (χ3v) is 1.73. The number of ether oxygens (including phenoxy) is 1. The summed E-state index contributed by atoms with van der Waals surface area (Å²) in [6, 6.07) is 1.43. The second-order valence-electron chi connectivity index (χ2n) is 2.82. The van der Waals surface area contributed by atoms with E-state index in [0.717, 1.165) is 0 Å². The van der Waals surface area contributed by atoms with Gasteiger partial charge < -0.3 is 4.74 Å². The van der Waals surface area contributed by atoms with Crippen LogP contribution in [0.5, 0.6) is 0 Å². The number of esters is 1. The van der Waals surface area contributed by atoms with Gasteiger partial charge in [-0.1, -0.05) is 0 Å². The number of aryl methyl sites for hydroxylation is 1. The van der Waals surface area contributed by atoms with E-state index in [1.165, 1.54) is 17.7 Å². The molecule has 1 aromatic heterocycles. The van der Waals surface area contributed by atoms with Crippen LogP contribution in [0.15, 0.2) is 6.07 Å². The van der Waals surface area contributed by atoms with Gasteiger partial charge in [-0.2, -0.15) is 5.10 Å². The van der Waals surface area contributed by atoms with Gasteiger partial charge >= 0.3 is 5.97 Å². The number of carbonyl (C=O) groups excluding carboxylic acids is 2. The number of Topliss-reactive ketones (excluding diaryl/α,β-unsaturated/α-hetero) is 1. The maximum Gasteiger partial charge on any atom is 0.356 e. The van der Waals surface area contributed by atoms with Crippen LogP contribution in [0, 0.1) is 0 Å². The lowest BCUT2D eigenvalue weighted by molar-refractivity contribution is 0.0513. The highest BCUT2D eigenvalue weighted by atomic mass is 16.5. The third kappa shape index (κ3) is 1.99. The Labute approximate surface area is 81.7 Å². The minimum absolute atomic E-state index is 0.170. The van der Waals surface area contributed by atoms with Gasteiger partial charge in [0.1, 0.15) is 11.4 Å². The normalized spacial score (nSPS) is 9.93. The van der Waals surface area contributed by atoms with Crippen LogP contribution in [0.2, 0.25) is 0 Å². The summed E-state index contributed by atoms with van der Waals surface area (Å²) in [4.78, 5) is 22.3. The zero-order valence-electron chi connectivity index (χ0n) is 8.40. The molecule has 0 bridgehead atoms. The number of hydrogen-bond donors (Lipinski definition) is 0. The van der Waals surface area contributed by atoms with Gasteiger partial charge in [0.15, 0.2) is 5.78 Å². The molecule has 0 aromatic carbocycles. The summed E-state index contributed by atoms with van der Waals surface area (Å²) < 4.78 is 6.13. The number of hydrogen-bond acceptors (Lipinski definition) is 4. The average molecular weight is 196 g/mol. The number of rotatable bonds is 3. The number of aromatic nitrogens is 2. The van der Waals surface area contributed by atoms with Crippen molar-refractivity contribution in [1.82, 2.24) is 9.78 Å². The first-order chi connectivity index (χ1) is 6.56. The van der Waals surface area contributed by atoms with E-state index in [2.05, 4.69) is 5.10 Å². The molecule has 0 aliphatic rings. The van der Waals surface area contributed by atoms with Gasteiger partial charge in [0.2, 0.25) is 0 Å². The van der Waals surface area contributed by atoms with Crippen molar-refractivity contribution in [2.24, 2.45) is 7.05 Å². The van der Waals surface area contributed by atoms with Crippen molar-refractivity contribution < 1.29 is 14.3 Å². The lowest BCUT2D eigenvalue weighted by atomic mass is 10.3. The lowest BCUT2D eigenvalue weighted by Gasteiger charge is -1.99. The predicted molar refractivity (Wildman–Crippen MR) is 49.2 cm³/mol. The predicted octanol–water partition coefficient (Wildman–Crippen LogP) is 0.799. The molecule has 0 N–H and O–H groups in total. The number of ketones is 1. The van der Waals surface area contributed by atoms with Crippen LogP contribution in [-0.2, 0) is 11.8 Å². The first-order valence-corrected chi connectivity index (χ1v) is 4.28. The Balaban J connectivity index is 2.98. The highest BCUT2D eigenvalue weighted by Crippen LogP contribution is 2.05. The van der Waals surface area contributed by atoms with Gasteiger partial charge in [0.05, 0.1) is 6.61 Å². The van der Waals surface area contributed by atoms with E-state index >= 15 is 0 Å². The van der Waals surface area contributed by atoms with Crippen molar-refractivity contribution in [3.63, 3.8) is 0 Å². The molecule has 1 aromatic rings. The highest BCUT2D eigenvalue weighted by molar-refractivity contribution is 5.95. The molecule has 0 radical (unpaired) electrons. The van der Waals surface area contributed by atoms with Crippen molar-refractivity contribution in [3.8, 4) is 0 Å². The molecule has 76 valence electrons. The van der Waals surface area contributed by atoms with Crippen molar-refractivity contribution in [2.75, 3.05) is 6.61 Å². The number of carbonyl (C=O) groups is 2. The fraction of sp³-hybridized carbons (Fsp3) is 0.444. The molecule has 1 rings (SSSR count). The summed E-state index contributed by atoms with van der Waals surface area (Å²) in [6.45, 7) is 3.43. The van der Waals surface area contributed by atoms with E-state index in [4.69, 9.17) is 4.74 Å². The Morgan fingerprint density at radius 2 is 2.21 bits per heavy atom. The third-order valence-electron chi connectivity index (χ3n) is 1.73. The summed E-state index contributed by atoms with van der Waals surface area (Å²) in [5, 5.41) is 3.88. The van der Waals surface area contributed by atoms with Gasteiger partial charge in [0.25, 0.3) is 0 Å². The van der Waals surface area contributed by atoms with Crippen LogP contribution in [0.25, 0.3) is 0 Å². The fourth-order valence-corrected chi connectivity index (χ4v) is 1.04. The SMILES string of the molecule is CCOC(=O)c1cc(C(C)=O)nn1C. The summed E-state index contributed by atoms with van der Waals surface area (Å²) in [5.74, 6) is -0.633. The van der Waals surface area contributed by atoms with Gasteiger partial charge in [0, 0.05) is 20.0 Å². The molecule has 0 saturated carbocycles. The van der Waals surface area contributed by atoms with Crippen LogP contribution in [0.1, 0.15) is 34.8 Å². The molecule has 0 aliphatic carbocycles. The molecule has 1 heterocycles. The molecule has 0 atom stereocenters. The molecular weight excluding hydrogens is 184 g/mol. The van der Waals surface area contributed by atoms with Crippen LogP contribution in [0.3, 0.4) is 0 Å². The monoisotopic (exact) mass is 196 g/mol. The summed E-state index contributed by atoms with van der Waals surface area (Å²) in [6.07, 6.45) is 0. The van der Waals surface area contributed by atoms with E-state index in [0.29, 0.717) is 6.61 Å². The molecule has 5 heteroatoms. The van der Waals surface area contributed by atoms with E-state index < -0.39 is 5.97 Å². The van der Waals surface area contributed by atoms with E-state index in [1.807, 2.05) is 0 Å². The first-order valence-electron chi connectivity index (χ1n) is 4.28. The minimum Gasteiger partial charge on any atom is -0.461 e. The Kier molecular flexibility index (Phi) is 3.01.